The molecule has 0 saturated carbocycles. The molecule has 1 aromatic carbocycles. The van der Waals surface area contributed by atoms with Gasteiger partial charge in [-0.15, -0.1) is 0 Å². The van der Waals surface area contributed by atoms with E-state index in [-0.39, 0.29) is 33.7 Å². The van der Waals surface area contributed by atoms with Crippen molar-refractivity contribution in [2.45, 2.75) is 132 Å². The Labute approximate surface area is 211 Å². The molecule has 0 spiro atoms. The van der Waals surface area contributed by atoms with Gasteiger partial charge < -0.3 is 10.6 Å². The molecule has 0 aromatic heterocycles. The van der Waals surface area contributed by atoms with E-state index in [2.05, 4.69) is 64.3 Å². The molecule has 0 amide bonds. The minimum atomic E-state index is -0.462. The van der Waals surface area contributed by atoms with Crippen molar-refractivity contribution in [1.82, 2.24) is 10.6 Å². The van der Waals surface area contributed by atoms with Crippen LogP contribution in [-0.4, -0.2) is 34.2 Å². The van der Waals surface area contributed by atoms with Crippen molar-refractivity contribution in [2.75, 3.05) is 0 Å². The third-order valence-electron chi connectivity index (χ3n) is 5.16. The van der Waals surface area contributed by atoms with Crippen LogP contribution in [0.1, 0.15) is 109 Å². The zero-order valence-corrected chi connectivity index (χ0v) is 24.7. The highest BCUT2D eigenvalue weighted by atomic mass is 16.1. The number of aryl methyl sites for hydroxylation is 1. The molecule has 0 fully saturated rings. The highest BCUT2D eigenvalue weighted by Crippen LogP contribution is 2.24. The Kier molecular flexibility index (Phi) is 11.4. The second kappa shape index (κ2) is 11.9. The first kappa shape index (κ1) is 32.5. The zero-order valence-electron chi connectivity index (χ0n) is 24.7. The van der Waals surface area contributed by atoms with Gasteiger partial charge in [-0.05, 0) is 73.8 Å². The number of rotatable bonds is 7. The van der Waals surface area contributed by atoms with Crippen molar-refractivity contribution in [2.24, 2.45) is 10.8 Å². The smallest absolute Gasteiger partial charge is 0.157 e. The highest BCUT2D eigenvalue weighted by Gasteiger charge is 2.38. The SMILES string of the molecule is CC(C)(C)NC(C)(C)C(=O)C(C)(C)C.CC(C)(C)N[C@H](CCc1ccccc1)C(=O)C(C)(C)C. The molecule has 0 aliphatic heterocycles. The summed E-state index contributed by atoms with van der Waals surface area (Å²) in [5, 5.41) is 6.84. The van der Waals surface area contributed by atoms with Gasteiger partial charge in [0.1, 0.15) is 0 Å². The fraction of sp³-hybridized carbons (Fsp3) is 0.733. The summed E-state index contributed by atoms with van der Waals surface area (Å²) in [6.07, 6.45) is 1.77. The van der Waals surface area contributed by atoms with Crippen LogP contribution in [-0.2, 0) is 16.0 Å². The van der Waals surface area contributed by atoms with E-state index in [1.54, 1.807) is 0 Å². The lowest BCUT2D eigenvalue weighted by Gasteiger charge is -2.37. The summed E-state index contributed by atoms with van der Waals surface area (Å²) in [4.78, 5) is 24.7. The second-order valence-electron chi connectivity index (χ2n) is 14.2. The van der Waals surface area contributed by atoms with Crippen LogP contribution in [0, 0.1) is 10.8 Å². The minimum Gasteiger partial charge on any atom is -0.303 e. The Balaban J connectivity index is 0.000000686. The highest BCUT2D eigenvalue weighted by molar-refractivity contribution is 5.92. The predicted octanol–water partition coefficient (Wildman–Crippen LogP) is 6.76. The van der Waals surface area contributed by atoms with Crippen LogP contribution in [0.15, 0.2) is 30.3 Å². The van der Waals surface area contributed by atoms with Crippen LogP contribution < -0.4 is 10.6 Å². The molecule has 1 rings (SSSR count). The van der Waals surface area contributed by atoms with Crippen LogP contribution in [0.25, 0.3) is 0 Å². The fourth-order valence-electron chi connectivity index (χ4n) is 4.20. The number of hydrogen-bond acceptors (Lipinski definition) is 4. The van der Waals surface area contributed by atoms with E-state index in [4.69, 9.17) is 0 Å². The average Bonchev–Trinajstić information content (AvgIpc) is 2.61. The molecular formula is C30H54N2O2. The molecule has 0 radical (unpaired) electrons. The molecule has 4 heteroatoms. The average molecular weight is 475 g/mol. The number of carbonyl (C=O) groups is 2. The Bertz CT molecular complexity index is 767. The maximum absolute atomic E-state index is 12.6. The summed E-state index contributed by atoms with van der Waals surface area (Å²) >= 11 is 0. The molecule has 2 N–H and O–H groups in total. The first-order valence-corrected chi connectivity index (χ1v) is 12.7. The number of nitrogens with one attached hydrogen (secondary N) is 2. The summed E-state index contributed by atoms with van der Waals surface area (Å²) < 4.78 is 0. The molecule has 34 heavy (non-hydrogen) atoms. The molecule has 0 aliphatic carbocycles. The molecule has 0 saturated heterocycles. The molecule has 0 unspecified atom stereocenters. The zero-order chi connectivity index (χ0) is 27.2. The van der Waals surface area contributed by atoms with Crippen LogP contribution in [0.2, 0.25) is 0 Å². The van der Waals surface area contributed by atoms with Crippen molar-refractivity contribution >= 4 is 11.6 Å². The molecule has 1 aromatic rings. The van der Waals surface area contributed by atoms with Gasteiger partial charge in [0.2, 0.25) is 0 Å². The van der Waals surface area contributed by atoms with Crippen molar-refractivity contribution in [3.8, 4) is 0 Å². The normalized spacial score (nSPS) is 14.2. The van der Waals surface area contributed by atoms with Gasteiger partial charge in [-0.25, -0.2) is 0 Å². The van der Waals surface area contributed by atoms with E-state index in [0.717, 1.165) is 12.8 Å². The summed E-state index contributed by atoms with van der Waals surface area (Å²) in [6.45, 7) is 28.3. The van der Waals surface area contributed by atoms with Gasteiger partial charge in [0.15, 0.2) is 11.6 Å². The van der Waals surface area contributed by atoms with Crippen LogP contribution >= 0.6 is 0 Å². The number of carbonyl (C=O) groups excluding carboxylic acids is 2. The summed E-state index contributed by atoms with van der Waals surface area (Å²) in [6, 6.07) is 10.3. The summed E-state index contributed by atoms with van der Waals surface area (Å²) in [5.41, 5.74) is 0.139. The van der Waals surface area contributed by atoms with Gasteiger partial charge in [-0.3, -0.25) is 9.59 Å². The van der Waals surface area contributed by atoms with Gasteiger partial charge in [-0.1, -0.05) is 71.9 Å². The van der Waals surface area contributed by atoms with Gasteiger partial charge in [0.25, 0.3) is 0 Å². The topological polar surface area (TPSA) is 58.2 Å². The van der Waals surface area contributed by atoms with E-state index < -0.39 is 5.54 Å². The quantitative estimate of drug-likeness (QED) is 0.458. The van der Waals surface area contributed by atoms with Crippen LogP contribution in [0.4, 0.5) is 0 Å². The number of hydrogen-bond donors (Lipinski definition) is 2. The Morgan fingerprint density at radius 2 is 1.18 bits per heavy atom. The number of benzene rings is 1. The Hall–Kier alpha value is -1.52. The molecule has 0 aliphatic rings. The van der Waals surface area contributed by atoms with Crippen molar-refractivity contribution < 1.29 is 9.59 Å². The molecule has 196 valence electrons. The van der Waals surface area contributed by atoms with Gasteiger partial charge >= 0.3 is 0 Å². The first-order chi connectivity index (χ1) is 15.0. The van der Waals surface area contributed by atoms with E-state index in [1.807, 2.05) is 73.6 Å². The summed E-state index contributed by atoms with van der Waals surface area (Å²) in [5.74, 6) is 0.545. The number of Topliss-reactive ketones (excluding diaryl/α,β-unsaturated/α-hetero) is 2. The van der Waals surface area contributed by atoms with Crippen molar-refractivity contribution in [3.63, 3.8) is 0 Å². The lowest BCUT2D eigenvalue weighted by atomic mass is 9.79. The minimum absolute atomic E-state index is 0.0373. The van der Waals surface area contributed by atoms with E-state index in [0.29, 0.717) is 5.78 Å². The molecule has 1 atom stereocenters. The Morgan fingerprint density at radius 1 is 0.706 bits per heavy atom. The molecule has 0 bridgehead atoms. The number of ketones is 2. The van der Waals surface area contributed by atoms with Gasteiger partial charge in [0.05, 0.1) is 11.6 Å². The lowest BCUT2D eigenvalue weighted by molar-refractivity contribution is -0.132. The maximum Gasteiger partial charge on any atom is 0.157 e. The standard InChI is InChI=1S/C18H29NO.C12H25NO/c1-17(2,3)16(20)15(19-18(4,5)6)13-12-14-10-8-7-9-11-14;1-10(2,3)9(14)12(7,8)13-11(4,5)6/h7-11,15,19H,12-13H2,1-6H3;13H,1-8H3/t15-;/m1./s1. The summed E-state index contributed by atoms with van der Waals surface area (Å²) in [7, 11) is 0. The third kappa shape index (κ3) is 13.4. The van der Waals surface area contributed by atoms with E-state index in [9.17, 15) is 9.59 Å². The Morgan fingerprint density at radius 3 is 1.53 bits per heavy atom. The maximum atomic E-state index is 12.6. The second-order valence-corrected chi connectivity index (χ2v) is 14.2. The van der Waals surface area contributed by atoms with Crippen molar-refractivity contribution in [1.29, 1.82) is 0 Å². The molecule has 4 nitrogen and oxygen atoms in total. The fourth-order valence-corrected chi connectivity index (χ4v) is 4.20. The largest absolute Gasteiger partial charge is 0.303 e. The van der Waals surface area contributed by atoms with Crippen molar-refractivity contribution in [3.05, 3.63) is 35.9 Å². The monoisotopic (exact) mass is 474 g/mol. The van der Waals surface area contributed by atoms with Gasteiger partial charge in [-0.2, -0.15) is 0 Å². The van der Waals surface area contributed by atoms with Gasteiger partial charge in [0, 0.05) is 21.9 Å². The van der Waals surface area contributed by atoms with E-state index in [1.165, 1.54) is 5.56 Å². The molecule has 0 heterocycles. The first-order valence-electron chi connectivity index (χ1n) is 12.7. The van der Waals surface area contributed by atoms with E-state index >= 15 is 0 Å². The lowest BCUT2D eigenvalue weighted by Crippen LogP contribution is -2.57. The third-order valence-corrected chi connectivity index (χ3v) is 5.16. The van der Waals surface area contributed by atoms with Crippen LogP contribution in [0.5, 0.6) is 0 Å². The molecular weight excluding hydrogens is 420 g/mol. The predicted molar refractivity (Wildman–Crippen MR) is 147 cm³/mol. The van der Waals surface area contributed by atoms with Crippen LogP contribution in [0.3, 0.4) is 0 Å².